The van der Waals surface area contributed by atoms with Crippen LogP contribution in [0.25, 0.3) is 0 Å². The molecule has 1 amide bonds. The molecule has 0 aromatic carbocycles. The van der Waals surface area contributed by atoms with Crippen molar-refractivity contribution in [2.45, 2.75) is 39.7 Å². The zero-order valence-electron chi connectivity index (χ0n) is 11.6. The molecule has 102 valence electrons. The lowest BCUT2D eigenvalue weighted by molar-refractivity contribution is -0.122. The van der Waals surface area contributed by atoms with E-state index in [0.29, 0.717) is 31.3 Å². The van der Waals surface area contributed by atoms with Gasteiger partial charge in [0.2, 0.25) is 11.8 Å². The predicted molar refractivity (Wildman–Crippen MR) is 68.0 cm³/mol. The molecule has 0 saturated carbocycles. The summed E-state index contributed by atoms with van der Waals surface area (Å²) in [6, 6.07) is 0. The Morgan fingerprint density at radius 2 is 2.22 bits per heavy atom. The van der Waals surface area contributed by atoms with Gasteiger partial charge in [-0.3, -0.25) is 9.69 Å². The molecule has 0 bridgehead atoms. The summed E-state index contributed by atoms with van der Waals surface area (Å²) < 4.78 is 5.12. The molecule has 1 rings (SSSR count). The lowest BCUT2D eigenvalue weighted by Gasteiger charge is -2.13. The second-order valence-electron chi connectivity index (χ2n) is 4.72. The number of nitrogens with zero attached hydrogens (tertiary/aromatic N) is 3. The van der Waals surface area contributed by atoms with E-state index in [0.717, 1.165) is 6.42 Å². The number of hydrogen-bond acceptors (Lipinski definition) is 5. The quantitative estimate of drug-likeness (QED) is 0.790. The van der Waals surface area contributed by atoms with Gasteiger partial charge < -0.3 is 9.84 Å². The summed E-state index contributed by atoms with van der Waals surface area (Å²) in [5.74, 6) is 1.52. The number of hydrogen-bond donors (Lipinski definition) is 1. The molecule has 1 aromatic heterocycles. The molecular weight excluding hydrogens is 232 g/mol. The fraction of sp³-hybridized carbons (Fsp3) is 0.750. The van der Waals surface area contributed by atoms with Crippen LogP contribution in [0, 0.1) is 0 Å². The summed E-state index contributed by atoms with van der Waals surface area (Å²) >= 11 is 0. The summed E-state index contributed by atoms with van der Waals surface area (Å²) in [4.78, 5) is 17.6. The highest BCUT2D eigenvalue weighted by Crippen LogP contribution is 2.10. The number of rotatable bonds is 7. The maximum Gasteiger partial charge on any atom is 0.240 e. The highest BCUT2D eigenvalue weighted by molar-refractivity contribution is 5.77. The molecule has 0 aliphatic carbocycles. The third-order valence-corrected chi connectivity index (χ3v) is 2.39. The number of amides is 1. The van der Waals surface area contributed by atoms with Crippen LogP contribution < -0.4 is 5.32 Å². The maximum atomic E-state index is 11.5. The van der Waals surface area contributed by atoms with Gasteiger partial charge >= 0.3 is 0 Å². The average Bonchev–Trinajstić information content (AvgIpc) is 2.74. The first-order chi connectivity index (χ1) is 8.52. The first kappa shape index (κ1) is 14.6. The smallest absolute Gasteiger partial charge is 0.240 e. The minimum atomic E-state index is 0.0166. The molecule has 0 fully saturated rings. The maximum absolute atomic E-state index is 11.5. The second-order valence-corrected chi connectivity index (χ2v) is 4.72. The summed E-state index contributed by atoms with van der Waals surface area (Å²) in [6.07, 6.45) is 0.941. The van der Waals surface area contributed by atoms with E-state index in [1.165, 1.54) is 0 Å². The third-order valence-electron chi connectivity index (χ3n) is 2.39. The third kappa shape index (κ3) is 4.83. The van der Waals surface area contributed by atoms with Crippen LogP contribution in [0.1, 0.15) is 44.8 Å². The second kappa shape index (κ2) is 7.10. The van der Waals surface area contributed by atoms with Crippen LogP contribution in [0.4, 0.5) is 0 Å². The first-order valence-electron chi connectivity index (χ1n) is 6.30. The van der Waals surface area contributed by atoms with Gasteiger partial charge in [0.1, 0.15) is 0 Å². The zero-order chi connectivity index (χ0) is 13.5. The summed E-state index contributed by atoms with van der Waals surface area (Å²) in [5, 5.41) is 6.71. The van der Waals surface area contributed by atoms with E-state index in [2.05, 4.69) is 15.5 Å². The first-order valence-corrected chi connectivity index (χ1v) is 6.30. The van der Waals surface area contributed by atoms with Crippen molar-refractivity contribution in [3.05, 3.63) is 11.7 Å². The van der Waals surface area contributed by atoms with Crippen molar-refractivity contribution in [2.75, 3.05) is 20.1 Å². The number of likely N-dealkylation sites (N-methyl/N-ethyl adjacent to an activating group) is 1. The predicted octanol–water partition coefficient (Wildman–Crippen LogP) is 1.15. The summed E-state index contributed by atoms with van der Waals surface area (Å²) in [7, 11) is 1.85. The molecule has 0 spiro atoms. The van der Waals surface area contributed by atoms with Crippen LogP contribution in [0.2, 0.25) is 0 Å². The minimum Gasteiger partial charge on any atom is -0.355 e. The molecule has 1 aromatic rings. The Morgan fingerprint density at radius 3 is 2.78 bits per heavy atom. The Balaban J connectivity index is 2.39. The van der Waals surface area contributed by atoms with Crippen LogP contribution in [-0.2, 0) is 11.3 Å². The fourth-order valence-electron chi connectivity index (χ4n) is 1.42. The molecule has 0 atom stereocenters. The number of carbonyl (C=O) groups excluding carboxylic acids is 1. The van der Waals surface area contributed by atoms with Gasteiger partial charge in [-0.1, -0.05) is 25.9 Å². The largest absolute Gasteiger partial charge is 0.355 e. The van der Waals surface area contributed by atoms with Crippen molar-refractivity contribution >= 4 is 5.91 Å². The van der Waals surface area contributed by atoms with E-state index in [1.54, 1.807) is 0 Å². The van der Waals surface area contributed by atoms with Gasteiger partial charge in [0.15, 0.2) is 5.82 Å². The van der Waals surface area contributed by atoms with Crippen LogP contribution in [0.15, 0.2) is 4.52 Å². The van der Waals surface area contributed by atoms with Crippen LogP contribution >= 0.6 is 0 Å². The molecule has 18 heavy (non-hydrogen) atoms. The highest BCUT2D eigenvalue weighted by atomic mass is 16.5. The molecule has 0 aliphatic rings. The Bertz CT molecular complexity index is 376. The van der Waals surface area contributed by atoms with Crippen LogP contribution in [-0.4, -0.2) is 41.1 Å². The molecule has 6 nitrogen and oxygen atoms in total. The topological polar surface area (TPSA) is 71.3 Å². The van der Waals surface area contributed by atoms with E-state index in [4.69, 9.17) is 4.52 Å². The molecule has 0 radical (unpaired) electrons. The lowest BCUT2D eigenvalue weighted by Crippen LogP contribution is -2.35. The summed E-state index contributed by atoms with van der Waals surface area (Å²) in [5.41, 5.74) is 0. The van der Waals surface area contributed by atoms with Gasteiger partial charge in [-0.25, -0.2) is 0 Å². The van der Waals surface area contributed by atoms with Gasteiger partial charge in [-0.15, -0.1) is 0 Å². The van der Waals surface area contributed by atoms with E-state index >= 15 is 0 Å². The molecule has 1 heterocycles. The molecular formula is C12H22N4O2. The van der Waals surface area contributed by atoms with E-state index in [-0.39, 0.29) is 11.8 Å². The van der Waals surface area contributed by atoms with Crippen molar-refractivity contribution < 1.29 is 9.32 Å². The van der Waals surface area contributed by atoms with Crippen molar-refractivity contribution in [3.8, 4) is 0 Å². The van der Waals surface area contributed by atoms with Crippen molar-refractivity contribution in [1.82, 2.24) is 20.4 Å². The van der Waals surface area contributed by atoms with E-state index in [9.17, 15) is 4.79 Å². The Morgan fingerprint density at radius 1 is 1.50 bits per heavy atom. The van der Waals surface area contributed by atoms with Crippen LogP contribution in [0.5, 0.6) is 0 Å². The Kier molecular flexibility index (Phi) is 5.77. The monoisotopic (exact) mass is 254 g/mol. The minimum absolute atomic E-state index is 0.0166. The number of nitrogens with one attached hydrogen (secondary N) is 1. The molecule has 0 unspecified atom stereocenters. The zero-order valence-corrected chi connectivity index (χ0v) is 11.6. The van der Waals surface area contributed by atoms with Crippen molar-refractivity contribution in [3.63, 3.8) is 0 Å². The fourth-order valence-corrected chi connectivity index (χ4v) is 1.42. The van der Waals surface area contributed by atoms with Gasteiger partial charge in [-0.05, 0) is 13.5 Å². The normalized spacial score (nSPS) is 11.2. The number of carbonyl (C=O) groups is 1. The molecule has 1 N–H and O–H groups in total. The number of aromatic nitrogens is 2. The van der Waals surface area contributed by atoms with E-state index in [1.807, 2.05) is 32.7 Å². The molecule has 0 saturated heterocycles. The standard InChI is InChI=1S/C12H22N4O2/c1-5-6-13-10(17)7-16(4)8-11-14-12(9(2)3)15-18-11/h9H,5-8H2,1-4H3,(H,13,17). The molecule has 6 heteroatoms. The van der Waals surface area contributed by atoms with Crippen molar-refractivity contribution in [2.24, 2.45) is 0 Å². The van der Waals surface area contributed by atoms with Crippen molar-refractivity contribution in [1.29, 1.82) is 0 Å². The van der Waals surface area contributed by atoms with Gasteiger partial charge in [0, 0.05) is 12.5 Å². The SMILES string of the molecule is CCCNC(=O)CN(C)Cc1nc(C(C)C)no1. The highest BCUT2D eigenvalue weighted by Gasteiger charge is 2.13. The van der Waals surface area contributed by atoms with Gasteiger partial charge in [0.25, 0.3) is 0 Å². The van der Waals surface area contributed by atoms with Gasteiger partial charge in [0.05, 0.1) is 13.1 Å². The molecule has 0 aliphatic heterocycles. The van der Waals surface area contributed by atoms with Crippen LogP contribution in [0.3, 0.4) is 0 Å². The summed E-state index contributed by atoms with van der Waals surface area (Å²) in [6.45, 7) is 7.58. The lowest BCUT2D eigenvalue weighted by atomic mass is 10.2. The Labute approximate surface area is 108 Å². The average molecular weight is 254 g/mol. The Hall–Kier alpha value is -1.43. The van der Waals surface area contributed by atoms with E-state index < -0.39 is 0 Å². The van der Waals surface area contributed by atoms with Gasteiger partial charge in [-0.2, -0.15) is 4.98 Å².